The van der Waals surface area contributed by atoms with Gasteiger partial charge in [-0.15, -0.1) is 11.3 Å². The molecule has 0 aromatic carbocycles. The maximum absolute atomic E-state index is 12.4. The number of nitrogens with zero attached hydrogens (tertiary/aromatic N) is 2. The van der Waals surface area contributed by atoms with Crippen molar-refractivity contribution < 1.29 is 4.79 Å². The van der Waals surface area contributed by atoms with Gasteiger partial charge in [0.15, 0.2) is 5.13 Å². The maximum Gasteiger partial charge on any atom is 0.261 e. The van der Waals surface area contributed by atoms with E-state index in [0.717, 1.165) is 39.0 Å². The van der Waals surface area contributed by atoms with E-state index in [1.807, 2.05) is 25.1 Å². The van der Waals surface area contributed by atoms with Gasteiger partial charge in [-0.05, 0) is 24.9 Å². The van der Waals surface area contributed by atoms with Gasteiger partial charge >= 0.3 is 0 Å². The van der Waals surface area contributed by atoms with Crippen LogP contribution in [0.5, 0.6) is 0 Å². The van der Waals surface area contributed by atoms with E-state index in [2.05, 4.69) is 22.5 Å². The molecule has 3 rings (SSSR count). The van der Waals surface area contributed by atoms with Crippen molar-refractivity contribution in [3.05, 3.63) is 10.9 Å². The van der Waals surface area contributed by atoms with E-state index >= 15 is 0 Å². The Labute approximate surface area is 132 Å². The molecule has 2 aromatic rings. The molecule has 0 spiro atoms. The summed E-state index contributed by atoms with van der Waals surface area (Å²) in [5.74, 6) is 0.548. The fourth-order valence-corrected chi connectivity index (χ4v) is 4.49. The molecular formula is C14H20N4OS2. The van der Waals surface area contributed by atoms with Crippen molar-refractivity contribution >= 4 is 43.2 Å². The lowest BCUT2D eigenvalue weighted by Crippen LogP contribution is -2.50. The van der Waals surface area contributed by atoms with Crippen molar-refractivity contribution in [2.24, 2.45) is 5.92 Å². The molecule has 21 heavy (non-hydrogen) atoms. The summed E-state index contributed by atoms with van der Waals surface area (Å²) < 4.78 is 1.09. The monoisotopic (exact) mass is 324 g/mol. The molecule has 1 aliphatic heterocycles. The molecule has 0 saturated carbocycles. The fraction of sp³-hybridized carbons (Fsp3) is 0.571. The van der Waals surface area contributed by atoms with Crippen LogP contribution in [0.4, 0.5) is 5.13 Å². The molecule has 0 aliphatic carbocycles. The van der Waals surface area contributed by atoms with Crippen LogP contribution >= 0.6 is 22.7 Å². The highest BCUT2D eigenvalue weighted by molar-refractivity contribution is 7.29. The summed E-state index contributed by atoms with van der Waals surface area (Å²) >= 11 is 3.10. The summed E-state index contributed by atoms with van der Waals surface area (Å²) in [6.45, 7) is 4.10. The van der Waals surface area contributed by atoms with Gasteiger partial charge in [-0.25, -0.2) is 4.98 Å². The number of amides is 1. The Morgan fingerprint density at radius 3 is 2.95 bits per heavy atom. The molecule has 7 heteroatoms. The fourth-order valence-electron chi connectivity index (χ4n) is 2.45. The Morgan fingerprint density at radius 1 is 1.48 bits per heavy atom. The lowest BCUT2D eigenvalue weighted by Gasteiger charge is -2.30. The van der Waals surface area contributed by atoms with Crippen LogP contribution in [-0.4, -0.2) is 44.1 Å². The predicted molar refractivity (Wildman–Crippen MR) is 89.7 cm³/mol. The first kappa shape index (κ1) is 14.7. The van der Waals surface area contributed by atoms with Crippen LogP contribution in [-0.2, 0) is 0 Å². The summed E-state index contributed by atoms with van der Waals surface area (Å²) in [7, 11) is 3.96. The van der Waals surface area contributed by atoms with E-state index in [1.165, 1.54) is 11.3 Å². The van der Waals surface area contributed by atoms with Gasteiger partial charge in [0.25, 0.3) is 5.91 Å². The van der Waals surface area contributed by atoms with Gasteiger partial charge in [0.05, 0.1) is 9.58 Å². The van der Waals surface area contributed by atoms with Crippen molar-refractivity contribution in [1.82, 2.24) is 15.6 Å². The van der Waals surface area contributed by atoms with Crippen molar-refractivity contribution in [2.75, 3.05) is 32.1 Å². The van der Waals surface area contributed by atoms with Gasteiger partial charge < -0.3 is 15.5 Å². The van der Waals surface area contributed by atoms with E-state index < -0.39 is 0 Å². The molecule has 1 amide bonds. The first-order valence-corrected chi connectivity index (χ1v) is 8.77. The Morgan fingerprint density at radius 2 is 2.29 bits per heavy atom. The standard InChI is InChI=1S/C14H20N4OS2/c1-8-4-5-15-7-9(8)16-12(19)10-6-11-13(20-10)17-14(21-11)18(2)3/h6,8-9,15H,4-5,7H2,1-3H3,(H,16,19). The number of hydrogen-bond donors (Lipinski definition) is 2. The number of piperidine rings is 1. The number of fused-ring (bicyclic) bond motifs is 1. The molecule has 5 nitrogen and oxygen atoms in total. The minimum absolute atomic E-state index is 0.0251. The second kappa shape index (κ2) is 5.90. The molecular weight excluding hydrogens is 304 g/mol. The number of aromatic nitrogens is 1. The number of carbonyl (C=O) groups is 1. The summed E-state index contributed by atoms with van der Waals surface area (Å²) in [5.41, 5.74) is 0. The van der Waals surface area contributed by atoms with E-state index in [1.54, 1.807) is 11.3 Å². The molecule has 1 aliphatic rings. The van der Waals surface area contributed by atoms with Gasteiger partial charge in [-0.3, -0.25) is 4.79 Å². The van der Waals surface area contributed by atoms with Crippen LogP contribution in [0.25, 0.3) is 9.53 Å². The van der Waals surface area contributed by atoms with Crippen LogP contribution < -0.4 is 15.5 Å². The van der Waals surface area contributed by atoms with E-state index in [-0.39, 0.29) is 11.9 Å². The zero-order valence-electron chi connectivity index (χ0n) is 12.5. The number of thiazole rings is 1. The third-order valence-corrected chi connectivity index (χ3v) is 6.16. The van der Waals surface area contributed by atoms with Gasteiger partial charge in [-0.1, -0.05) is 18.3 Å². The first-order valence-electron chi connectivity index (χ1n) is 7.14. The largest absolute Gasteiger partial charge is 0.354 e. The molecule has 2 unspecified atom stereocenters. The number of rotatable bonds is 3. The quantitative estimate of drug-likeness (QED) is 0.908. The normalized spacial score (nSPS) is 22.4. The number of anilines is 1. The molecule has 3 heterocycles. The second-order valence-electron chi connectivity index (χ2n) is 5.72. The van der Waals surface area contributed by atoms with Gasteiger partial charge in [0.2, 0.25) is 0 Å². The van der Waals surface area contributed by atoms with Crippen LogP contribution in [0.3, 0.4) is 0 Å². The average molecular weight is 324 g/mol. The topological polar surface area (TPSA) is 57.3 Å². The summed E-state index contributed by atoms with van der Waals surface area (Å²) in [6.07, 6.45) is 1.11. The molecule has 0 radical (unpaired) electrons. The molecule has 1 fully saturated rings. The Kier molecular flexibility index (Phi) is 4.14. The van der Waals surface area contributed by atoms with Crippen molar-refractivity contribution in [1.29, 1.82) is 0 Å². The van der Waals surface area contributed by atoms with Gasteiger partial charge in [-0.2, -0.15) is 0 Å². The Hall–Kier alpha value is -1.18. The molecule has 1 saturated heterocycles. The Balaban J connectivity index is 1.73. The third kappa shape index (κ3) is 3.04. The van der Waals surface area contributed by atoms with Crippen LogP contribution in [0.15, 0.2) is 6.07 Å². The third-order valence-electron chi connectivity index (χ3n) is 3.83. The van der Waals surface area contributed by atoms with E-state index in [0.29, 0.717) is 5.92 Å². The zero-order valence-corrected chi connectivity index (χ0v) is 14.1. The maximum atomic E-state index is 12.4. The summed E-state index contributed by atoms with van der Waals surface area (Å²) in [5, 5.41) is 7.46. The van der Waals surface area contributed by atoms with Crippen LogP contribution in [0.1, 0.15) is 23.0 Å². The highest BCUT2D eigenvalue weighted by atomic mass is 32.1. The number of nitrogens with one attached hydrogen (secondary N) is 2. The molecule has 2 N–H and O–H groups in total. The number of carbonyl (C=O) groups excluding carboxylic acids is 1. The highest BCUT2D eigenvalue weighted by Crippen LogP contribution is 2.33. The van der Waals surface area contributed by atoms with Gasteiger partial charge in [0, 0.05) is 26.7 Å². The minimum atomic E-state index is 0.0251. The minimum Gasteiger partial charge on any atom is -0.354 e. The molecule has 2 aromatic heterocycles. The second-order valence-corrected chi connectivity index (χ2v) is 7.76. The SMILES string of the molecule is CC1CCNCC1NC(=O)c1cc2sc(N(C)C)nc2s1. The lowest BCUT2D eigenvalue weighted by molar-refractivity contribution is 0.0919. The number of hydrogen-bond acceptors (Lipinski definition) is 6. The molecule has 114 valence electrons. The van der Waals surface area contributed by atoms with E-state index in [4.69, 9.17) is 0 Å². The summed E-state index contributed by atoms with van der Waals surface area (Å²) in [6, 6.07) is 2.18. The molecule has 0 bridgehead atoms. The lowest BCUT2D eigenvalue weighted by atomic mass is 9.95. The number of thiophene rings is 1. The highest BCUT2D eigenvalue weighted by Gasteiger charge is 2.24. The van der Waals surface area contributed by atoms with Gasteiger partial charge in [0.1, 0.15) is 4.83 Å². The summed E-state index contributed by atoms with van der Waals surface area (Å²) in [4.78, 5) is 20.6. The Bertz CT molecular complexity index is 617. The smallest absolute Gasteiger partial charge is 0.261 e. The predicted octanol–water partition coefficient (Wildman–Crippen LogP) is 2.15. The van der Waals surface area contributed by atoms with E-state index in [9.17, 15) is 4.79 Å². The van der Waals surface area contributed by atoms with Crippen molar-refractivity contribution in [2.45, 2.75) is 19.4 Å². The zero-order chi connectivity index (χ0) is 15.0. The molecule has 2 atom stereocenters. The van der Waals surface area contributed by atoms with Crippen LogP contribution in [0, 0.1) is 5.92 Å². The van der Waals surface area contributed by atoms with Crippen molar-refractivity contribution in [3.63, 3.8) is 0 Å². The first-order chi connectivity index (χ1) is 10.0. The average Bonchev–Trinajstić information content (AvgIpc) is 2.99. The van der Waals surface area contributed by atoms with Crippen molar-refractivity contribution in [3.8, 4) is 0 Å². The van der Waals surface area contributed by atoms with Crippen LogP contribution in [0.2, 0.25) is 0 Å².